The molecule has 1 amide bonds. The van der Waals surface area contributed by atoms with E-state index in [0.29, 0.717) is 34.7 Å². The predicted molar refractivity (Wildman–Crippen MR) is 169 cm³/mol. The van der Waals surface area contributed by atoms with Crippen LogP contribution in [0.1, 0.15) is 71.7 Å². The van der Waals surface area contributed by atoms with E-state index < -0.39 is 5.91 Å². The molecule has 7 rings (SSSR count). The first-order chi connectivity index (χ1) is 21.9. The van der Waals surface area contributed by atoms with Gasteiger partial charge in [-0.1, -0.05) is 0 Å². The van der Waals surface area contributed by atoms with E-state index in [1.165, 1.54) is 23.7 Å². The molecule has 1 atom stereocenters. The number of primary amides is 1. The first kappa shape index (κ1) is 29.9. The summed E-state index contributed by atoms with van der Waals surface area (Å²) in [7, 11) is 0. The van der Waals surface area contributed by atoms with Crippen LogP contribution >= 0.6 is 11.3 Å². The number of aryl methyl sites for hydroxylation is 1. The number of rotatable bonds is 8. The number of hydrogen-bond donors (Lipinski definition) is 2. The molecule has 4 N–H and O–H groups in total. The molecule has 0 radical (unpaired) electrons. The summed E-state index contributed by atoms with van der Waals surface area (Å²) in [6, 6.07) is 3.31. The fourth-order valence-electron chi connectivity index (χ4n) is 7.60. The molecule has 13 nitrogen and oxygen atoms in total. The molecule has 0 bridgehead atoms. The second-order valence-electron chi connectivity index (χ2n) is 12.4. The first-order valence-corrected chi connectivity index (χ1v) is 16.7. The zero-order valence-electron chi connectivity index (χ0n) is 25.5. The number of fused-ring (bicyclic) bond motifs is 1. The van der Waals surface area contributed by atoms with Crippen molar-refractivity contribution in [1.29, 1.82) is 0 Å². The fraction of sp³-hybridized carbons (Fsp3) is 0.581. The standard InChI is InChI=1S/C31H40N8O5S/c1-18-36-31(28(45-18)30(33)41)44-23-6-4-20(5-7-23)38(21-8-11-42-12-9-21)22-3-2-10-37(15-22)25-14-24(19-13-26(40)43-16-19)39-27(25)29(32)34-17-35-39/h13-14,17,20-23H,2-12,15-16H2,1H3,(H2,33,41)(H2,32,34,35)/t20?,22-,23?/m1/s1. The van der Waals surface area contributed by atoms with E-state index in [1.54, 1.807) is 4.52 Å². The normalized spacial score (nSPS) is 24.7. The van der Waals surface area contributed by atoms with Gasteiger partial charge in [0.2, 0.25) is 5.88 Å². The Balaban J connectivity index is 1.12. The number of hydrogen-bond acceptors (Lipinski definition) is 12. The van der Waals surface area contributed by atoms with Gasteiger partial charge in [-0.3, -0.25) is 9.69 Å². The fourth-order valence-corrected chi connectivity index (χ4v) is 8.30. The summed E-state index contributed by atoms with van der Waals surface area (Å²) in [6.07, 6.45) is 11.0. The average molecular weight is 637 g/mol. The van der Waals surface area contributed by atoms with Crippen molar-refractivity contribution in [3.8, 4) is 5.88 Å². The number of anilines is 2. The number of ether oxygens (including phenoxy) is 3. The van der Waals surface area contributed by atoms with Gasteiger partial charge in [-0.25, -0.2) is 19.3 Å². The highest BCUT2D eigenvalue weighted by Gasteiger charge is 2.39. The molecule has 1 saturated carbocycles. The van der Waals surface area contributed by atoms with E-state index in [1.807, 2.05) is 6.92 Å². The van der Waals surface area contributed by atoms with Crippen molar-refractivity contribution in [2.45, 2.75) is 82.5 Å². The van der Waals surface area contributed by atoms with E-state index in [-0.39, 0.29) is 18.7 Å². The van der Waals surface area contributed by atoms with Gasteiger partial charge in [0.15, 0.2) is 10.7 Å². The second kappa shape index (κ2) is 12.6. The number of piperidine rings is 1. The molecule has 2 saturated heterocycles. The number of aromatic nitrogens is 4. The lowest BCUT2D eigenvalue weighted by atomic mass is 9.87. The van der Waals surface area contributed by atoms with E-state index in [0.717, 1.165) is 105 Å². The van der Waals surface area contributed by atoms with Crippen molar-refractivity contribution in [3.63, 3.8) is 0 Å². The lowest BCUT2D eigenvalue weighted by molar-refractivity contribution is -0.134. The van der Waals surface area contributed by atoms with Gasteiger partial charge in [0.25, 0.3) is 5.91 Å². The van der Waals surface area contributed by atoms with Crippen LogP contribution in [-0.2, 0) is 14.3 Å². The zero-order valence-corrected chi connectivity index (χ0v) is 26.3. The summed E-state index contributed by atoms with van der Waals surface area (Å²) in [5, 5.41) is 5.28. The number of esters is 1. The number of thiazole rings is 1. The Hall–Kier alpha value is -3.75. The lowest BCUT2D eigenvalue weighted by Gasteiger charge is -2.49. The van der Waals surface area contributed by atoms with Gasteiger partial charge in [-0.15, -0.1) is 11.3 Å². The number of cyclic esters (lactones) is 1. The molecule has 6 heterocycles. The Morgan fingerprint density at radius 2 is 1.89 bits per heavy atom. The van der Waals surface area contributed by atoms with Gasteiger partial charge >= 0.3 is 5.97 Å². The first-order valence-electron chi connectivity index (χ1n) is 15.9. The topological polar surface area (TPSA) is 163 Å². The minimum atomic E-state index is -0.491. The Kier molecular flexibility index (Phi) is 8.36. The quantitative estimate of drug-likeness (QED) is 0.350. The van der Waals surface area contributed by atoms with Crippen LogP contribution in [0.5, 0.6) is 5.88 Å². The number of nitrogens with zero attached hydrogens (tertiary/aromatic N) is 6. The van der Waals surface area contributed by atoms with Crippen molar-refractivity contribution in [2.24, 2.45) is 5.73 Å². The summed E-state index contributed by atoms with van der Waals surface area (Å²) in [6.45, 7) is 5.40. The molecule has 3 aromatic heterocycles. The maximum atomic E-state index is 11.9. The van der Waals surface area contributed by atoms with Crippen LogP contribution in [0.2, 0.25) is 0 Å². The van der Waals surface area contributed by atoms with Crippen molar-refractivity contribution < 1.29 is 23.8 Å². The number of carbonyl (C=O) groups is 2. The van der Waals surface area contributed by atoms with Crippen LogP contribution in [-0.4, -0.2) is 93.5 Å². The van der Waals surface area contributed by atoms with Crippen molar-refractivity contribution >= 4 is 45.8 Å². The highest BCUT2D eigenvalue weighted by Crippen LogP contribution is 2.38. The monoisotopic (exact) mass is 636 g/mol. The summed E-state index contributed by atoms with van der Waals surface area (Å²) in [5.41, 5.74) is 15.4. The molecule has 1 aliphatic carbocycles. The van der Waals surface area contributed by atoms with Crippen LogP contribution in [0, 0.1) is 6.92 Å². The van der Waals surface area contributed by atoms with Gasteiger partial charge in [0.1, 0.15) is 24.6 Å². The molecule has 45 heavy (non-hydrogen) atoms. The minimum Gasteiger partial charge on any atom is -0.473 e. The van der Waals surface area contributed by atoms with E-state index in [2.05, 4.69) is 30.9 Å². The third-order valence-electron chi connectivity index (χ3n) is 9.60. The molecule has 0 spiro atoms. The van der Waals surface area contributed by atoms with Gasteiger partial charge < -0.3 is 30.6 Å². The predicted octanol–water partition coefficient (Wildman–Crippen LogP) is 2.96. The van der Waals surface area contributed by atoms with Crippen molar-refractivity contribution in [1.82, 2.24) is 24.5 Å². The Bertz CT molecular complexity index is 1610. The molecular formula is C31H40N8O5S. The van der Waals surface area contributed by atoms with E-state index in [4.69, 9.17) is 25.7 Å². The SMILES string of the molecule is Cc1nc(OC2CCC(N(C3CCOCC3)[C@@H]3CCCN(c4cc(C5=CC(=O)OC5)n5ncnc(N)c45)C3)CC2)c(C(N)=O)s1. The maximum Gasteiger partial charge on any atom is 0.331 e. The van der Waals surface area contributed by atoms with Gasteiger partial charge in [0.05, 0.1) is 16.4 Å². The molecule has 0 unspecified atom stereocenters. The van der Waals surface area contributed by atoms with Gasteiger partial charge in [-0.2, -0.15) is 5.10 Å². The number of nitrogens with two attached hydrogens (primary N) is 2. The maximum absolute atomic E-state index is 11.9. The molecule has 3 fully saturated rings. The third kappa shape index (κ3) is 5.98. The molecule has 3 aliphatic heterocycles. The Morgan fingerprint density at radius 1 is 1.11 bits per heavy atom. The van der Waals surface area contributed by atoms with Gasteiger partial charge in [0, 0.05) is 56.1 Å². The summed E-state index contributed by atoms with van der Waals surface area (Å²) in [5.74, 6) is -0.0446. The highest BCUT2D eigenvalue weighted by atomic mass is 32.1. The van der Waals surface area contributed by atoms with Gasteiger partial charge in [-0.05, 0) is 64.4 Å². The van der Waals surface area contributed by atoms with Crippen molar-refractivity contribution in [3.05, 3.63) is 34.0 Å². The molecular weight excluding hydrogens is 596 g/mol. The highest BCUT2D eigenvalue weighted by molar-refractivity contribution is 7.13. The molecule has 0 aromatic carbocycles. The molecule has 3 aromatic rings. The molecule has 14 heteroatoms. The van der Waals surface area contributed by atoms with Crippen LogP contribution in [0.4, 0.5) is 11.5 Å². The Labute approximate surface area is 265 Å². The van der Waals surface area contributed by atoms with E-state index in [9.17, 15) is 9.59 Å². The number of nitrogen functional groups attached to an aromatic ring is 1. The van der Waals surface area contributed by atoms with Crippen LogP contribution in [0.25, 0.3) is 11.1 Å². The molecule has 240 valence electrons. The lowest BCUT2D eigenvalue weighted by Crippen LogP contribution is -2.57. The third-order valence-corrected chi connectivity index (χ3v) is 10.6. The number of amides is 1. The summed E-state index contributed by atoms with van der Waals surface area (Å²) >= 11 is 1.29. The van der Waals surface area contributed by atoms with Crippen molar-refractivity contribution in [2.75, 3.05) is 43.5 Å². The average Bonchev–Trinajstić information content (AvgIpc) is 3.76. The molecule has 4 aliphatic rings. The van der Waals surface area contributed by atoms with E-state index >= 15 is 0 Å². The zero-order chi connectivity index (χ0) is 31.1. The smallest absolute Gasteiger partial charge is 0.331 e. The largest absolute Gasteiger partial charge is 0.473 e. The summed E-state index contributed by atoms with van der Waals surface area (Å²) < 4.78 is 19.0. The minimum absolute atomic E-state index is 0.00935. The van der Waals surface area contributed by atoms with Crippen LogP contribution < -0.4 is 21.1 Å². The summed E-state index contributed by atoms with van der Waals surface area (Å²) in [4.78, 5) is 38.2. The Morgan fingerprint density at radius 3 is 2.62 bits per heavy atom. The van der Waals surface area contributed by atoms with Crippen LogP contribution in [0.15, 0.2) is 18.5 Å². The number of carbonyl (C=O) groups excluding carboxylic acids is 2. The second-order valence-corrected chi connectivity index (χ2v) is 13.6. The van der Waals surface area contributed by atoms with Crippen LogP contribution in [0.3, 0.4) is 0 Å².